The SMILES string of the molecule is Cc1ccc(N=Cc2c(OCc3ccccc3)ccc3ccccc23)c(C)c1. The van der Waals surface area contributed by atoms with E-state index in [1.54, 1.807) is 0 Å². The Morgan fingerprint density at radius 1 is 0.821 bits per heavy atom. The molecule has 0 N–H and O–H groups in total. The molecule has 0 heterocycles. The van der Waals surface area contributed by atoms with Crippen molar-refractivity contribution in [2.75, 3.05) is 0 Å². The van der Waals surface area contributed by atoms with Crippen LogP contribution in [0, 0.1) is 13.8 Å². The number of nitrogens with zero attached hydrogens (tertiary/aromatic N) is 1. The maximum absolute atomic E-state index is 6.18. The topological polar surface area (TPSA) is 21.6 Å². The highest BCUT2D eigenvalue weighted by atomic mass is 16.5. The average Bonchev–Trinajstić information content (AvgIpc) is 2.72. The molecule has 0 aliphatic heterocycles. The van der Waals surface area contributed by atoms with Crippen LogP contribution in [0.15, 0.2) is 89.9 Å². The molecule has 138 valence electrons. The molecule has 4 aromatic carbocycles. The molecule has 0 spiro atoms. The van der Waals surface area contributed by atoms with Crippen LogP contribution in [-0.4, -0.2) is 6.21 Å². The first-order chi connectivity index (χ1) is 13.7. The van der Waals surface area contributed by atoms with Gasteiger partial charge in [0.15, 0.2) is 0 Å². The van der Waals surface area contributed by atoms with Crippen LogP contribution in [-0.2, 0) is 6.61 Å². The Balaban J connectivity index is 1.72. The molecule has 0 saturated heterocycles. The van der Waals surface area contributed by atoms with Crippen LogP contribution in [0.4, 0.5) is 5.69 Å². The molecule has 0 saturated carbocycles. The Morgan fingerprint density at radius 2 is 1.61 bits per heavy atom. The van der Waals surface area contributed by atoms with E-state index in [2.05, 4.69) is 74.5 Å². The third kappa shape index (κ3) is 3.96. The zero-order valence-corrected chi connectivity index (χ0v) is 16.2. The summed E-state index contributed by atoms with van der Waals surface area (Å²) in [7, 11) is 0. The maximum atomic E-state index is 6.18. The van der Waals surface area contributed by atoms with E-state index in [9.17, 15) is 0 Å². The molecule has 0 aliphatic rings. The molecular weight excluding hydrogens is 342 g/mol. The van der Waals surface area contributed by atoms with Crippen molar-refractivity contribution in [3.8, 4) is 5.75 Å². The highest BCUT2D eigenvalue weighted by Crippen LogP contribution is 2.29. The molecule has 0 amide bonds. The summed E-state index contributed by atoms with van der Waals surface area (Å²) in [5.74, 6) is 0.844. The molecule has 0 fully saturated rings. The Morgan fingerprint density at radius 3 is 2.43 bits per heavy atom. The minimum Gasteiger partial charge on any atom is -0.488 e. The first-order valence-corrected chi connectivity index (χ1v) is 9.50. The van der Waals surface area contributed by atoms with Crippen molar-refractivity contribution < 1.29 is 4.74 Å². The van der Waals surface area contributed by atoms with Crippen molar-refractivity contribution in [2.45, 2.75) is 20.5 Å². The lowest BCUT2D eigenvalue weighted by Gasteiger charge is -2.12. The van der Waals surface area contributed by atoms with Gasteiger partial charge in [-0.2, -0.15) is 0 Å². The third-order valence-electron chi connectivity index (χ3n) is 4.85. The number of rotatable bonds is 5. The summed E-state index contributed by atoms with van der Waals surface area (Å²) in [4.78, 5) is 4.78. The largest absolute Gasteiger partial charge is 0.488 e. The van der Waals surface area contributed by atoms with Crippen molar-refractivity contribution in [1.29, 1.82) is 0 Å². The number of fused-ring (bicyclic) bond motifs is 1. The highest BCUT2D eigenvalue weighted by Gasteiger charge is 2.08. The summed E-state index contributed by atoms with van der Waals surface area (Å²) in [5, 5.41) is 2.32. The fourth-order valence-electron chi connectivity index (χ4n) is 3.35. The van der Waals surface area contributed by atoms with Crippen LogP contribution in [0.2, 0.25) is 0 Å². The average molecular weight is 365 g/mol. The lowest BCUT2D eigenvalue weighted by atomic mass is 10.0. The van der Waals surface area contributed by atoms with E-state index in [1.165, 1.54) is 16.5 Å². The van der Waals surface area contributed by atoms with Gasteiger partial charge < -0.3 is 4.74 Å². The molecule has 28 heavy (non-hydrogen) atoms. The molecular formula is C26H23NO. The number of hydrogen-bond acceptors (Lipinski definition) is 2. The van der Waals surface area contributed by atoms with Gasteiger partial charge >= 0.3 is 0 Å². The number of benzene rings is 4. The predicted molar refractivity (Wildman–Crippen MR) is 118 cm³/mol. The third-order valence-corrected chi connectivity index (χ3v) is 4.85. The molecule has 2 nitrogen and oxygen atoms in total. The van der Waals surface area contributed by atoms with E-state index >= 15 is 0 Å². The standard InChI is InChI=1S/C26H23NO/c1-19-12-14-25(20(2)16-19)27-17-24-23-11-7-6-10-22(23)13-15-26(24)28-18-21-8-4-3-5-9-21/h3-17H,18H2,1-2H3. The Bertz CT molecular complexity index is 1130. The van der Waals surface area contributed by atoms with Gasteiger partial charge in [-0.05, 0) is 47.9 Å². The molecule has 0 aliphatic carbocycles. The van der Waals surface area contributed by atoms with Crippen LogP contribution in [0.25, 0.3) is 10.8 Å². The first kappa shape index (κ1) is 18.0. The van der Waals surface area contributed by atoms with Gasteiger partial charge in [-0.15, -0.1) is 0 Å². The lowest BCUT2D eigenvalue weighted by molar-refractivity contribution is 0.306. The van der Waals surface area contributed by atoms with Gasteiger partial charge in [-0.1, -0.05) is 78.4 Å². The summed E-state index contributed by atoms with van der Waals surface area (Å²) >= 11 is 0. The van der Waals surface area contributed by atoms with Crippen LogP contribution < -0.4 is 4.74 Å². The van der Waals surface area contributed by atoms with E-state index in [4.69, 9.17) is 9.73 Å². The van der Waals surface area contributed by atoms with Gasteiger partial charge in [0.25, 0.3) is 0 Å². The second-order valence-corrected chi connectivity index (χ2v) is 7.02. The minimum absolute atomic E-state index is 0.531. The number of hydrogen-bond donors (Lipinski definition) is 0. The second-order valence-electron chi connectivity index (χ2n) is 7.02. The van der Waals surface area contributed by atoms with E-state index in [0.29, 0.717) is 6.61 Å². The van der Waals surface area contributed by atoms with E-state index in [1.807, 2.05) is 30.5 Å². The highest BCUT2D eigenvalue weighted by molar-refractivity contribution is 6.03. The Labute approximate surface area is 166 Å². The van der Waals surface area contributed by atoms with Gasteiger partial charge in [0.2, 0.25) is 0 Å². The van der Waals surface area contributed by atoms with Crippen molar-refractivity contribution in [3.63, 3.8) is 0 Å². The molecule has 0 bridgehead atoms. The monoisotopic (exact) mass is 365 g/mol. The van der Waals surface area contributed by atoms with Crippen LogP contribution in [0.3, 0.4) is 0 Å². The molecule has 0 atom stereocenters. The van der Waals surface area contributed by atoms with Crippen molar-refractivity contribution in [1.82, 2.24) is 0 Å². The van der Waals surface area contributed by atoms with E-state index < -0.39 is 0 Å². The van der Waals surface area contributed by atoms with Crippen LogP contribution in [0.1, 0.15) is 22.3 Å². The predicted octanol–water partition coefficient (Wildman–Crippen LogP) is 6.79. The summed E-state index contributed by atoms with van der Waals surface area (Å²) in [6.45, 7) is 4.72. The zero-order chi connectivity index (χ0) is 19.3. The summed E-state index contributed by atoms with van der Waals surface area (Å²) in [6, 6.07) is 29.0. The first-order valence-electron chi connectivity index (χ1n) is 9.50. The van der Waals surface area contributed by atoms with E-state index in [0.717, 1.165) is 28.0 Å². The van der Waals surface area contributed by atoms with Crippen LogP contribution >= 0.6 is 0 Å². The van der Waals surface area contributed by atoms with Crippen LogP contribution in [0.5, 0.6) is 5.75 Å². The normalized spacial score (nSPS) is 11.2. The smallest absolute Gasteiger partial charge is 0.129 e. The van der Waals surface area contributed by atoms with Gasteiger partial charge in [-0.3, -0.25) is 4.99 Å². The summed E-state index contributed by atoms with van der Waals surface area (Å²) in [6.07, 6.45) is 1.93. The lowest BCUT2D eigenvalue weighted by Crippen LogP contribution is -1.99. The van der Waals surface area contributed by atoms with Gasteiger partial charge in [0.1, 0.15) is 12.4 Å². The molecule has 0 unspecified atom stereocenters. The molecule has 0 aromatic heterocycles. The minimum atomic E-state index is 0.531. The molecule has 2 heteroatoms. The number of aryl methyl sites for hydroxylation is 2. The fourth-order valence-corrected chi connectivity index (χ4v) is 3.35. The molecule has 4 aromatic rings. The quantitative estimate of drug-likeness (QED) is 0.357. The van der Waals surface area contributed by atoms with Crippen molar-refractivity contribution in [3.05, 3.63) is 107 Å². The van der Waals surface area contributed by atoms with E-state index in [-0.39, 0.29) is 0 Å². The molecule has 0 radical (unpaired) electrons. The number of ether oxygens (including phenoxy) is 1. The zero-order valence-electron chi connectivity index (χ0n) is 16.2. The second kappa shape index (κ2) is 8.10. The Kier molecular flexibility index (Phi) is 5.20. The fraction of sp³-hybridized carbons (Fsp3) is 0.115. The summed E-state index contributed by atoms with van der Waals surface area (Å²) < 4.78 is 6.18. The molecule has 4 rings (SSSR count). The van der Waals surface area contributed by atoms with Gasteiger partial charge in [0, 0.05) is 11.8 Å². The summed E-state index contributed by atoms with van der Waals surface area (Å²) in [5.41, 5.74) is 5.55. The van der Waals surface area contributed by atoms with Gasteiger partial charge in [-0.25, -0.2) is 0 Å². The van der Waals surface area contributed by atoms with Crippen molar-refractivity contribution >= 4 is 22.7 Å². The van der Waals surface area contributed by atoms with Gasteiger partial charge in [0.05, 0.1) is 5.69 Å². The Hall–Kier alpha value is -3.39. The maximum Gasteiger partial charge on any atom is 0.129 e. The van der Waals surface area contributed by atoms with Crippen molar-refractivity contribution in [2.24, 2.45) is 4.99 Å². The number of aliphatic imine (C=N–C) groups is 1.